The Hall–Kier alpha value is -0.761. The second-order valence-electron chi connectivity index (χ2n) is 1.96. The fraction of sp³-hybridized carbons (Fsp3) is 0.200. The van der Waals surface area contributed by atoms with Gasteiger partial charge in [-0.1, -0.05) is 0 Å². The van der Waals surface area contributed by atoms with Gasteiger partial charge in [0.1, 0.15) is 0 Å². The van der Waals surface area contributed by atoms with Gasteiger partial charge in [0.2, 0.25) is 0 Å². The number of rotatable bonds is 3. The average Bonchev–Trinajstić information content (AvgIpc) is 2.00. The first-order valence-electron chi connectivity index (χ1n) is 3.20. The van der Waals surface area contributed by atoms with Gasteiger partial charge >= 0.3 is 0 Å². The Labute approximate surface area is 103 Å². The zero-order chi connectivity index (χ0) is 10.3. The van der Waals surface area contributed by atoms with E-state index in [-0.39, 0.29) is 27.3 Å². The Morgan fingerprint density at radius 3 is 2.14 bits per heavy atom. The summed E-state index contributed by atoms with van der Waals surface area (Å²) in [5, 5.41) is 7.58. The van der Waals surface area contributed by atoms with Gasteiger partial charge in [-0.05, 0) is 31.4 Å². The molecule has 0 saturated carbocycles. The average molecular weight is 282 g/mol. The predicted octanol–water partition coefficient (Wildman–Crippen LogP) is -0.988. The molecule has 0 spiro atoms. The smallest absolute Gasteiger partial charge is 0.184 e. The summed E-state index contributed by atoms with van der Waals surface area (Å²) >= 11 is 9.04. The van der Waals surface area contributed by atoms with Crippen LogP contribution in [0, 0.1) is 0 Å². The van der Waals surface area contributed by atoms with Crippen molar-refractivity contribution in [3.8, 4) is 0 Å². The van der Waals surface area contributed by atoms with Crippen LogP contribution in [0.4, 0.5) is 0 Å². The summed E-state index contributed by atoms with van der Waals surface area (Å²) in [6.45, 7) is 1.70. The quantitative estimate of drug-likeness (QED) is 0.229. The molecule has 9 heteroatoms. The maximum absolute atomic E-state index is 5.13. The van der Waals surface area contributed by atoms with Gasteiger partial charge in [-0.2, -0.15) is 10.2 Å². The standard InChI is InChI=1S/C5H10N6S2.Cu/c1-3(9-11-5(7)13)2-8-10-4(6)12;/h2H,1H3,(H3,6,10,12)(H3,7,11,13);. The molecule has 0 saturated heterocycles. The van der Waals surface area contributed by atoms with Gasteiger partial charge in [-0.15, -0.1) is 0 Å². The molecule has 6 N–H and O–H groups in total. The molecule has 0 aromatic rings. The monoisotopic (exact) mass is 281 g/mol. The Morgan fingerprint density at radius 2 is 1.71 bits per heavy atom. The molecule has 0 heterocycles. The molecular weight excluding hydrogens is 272 g/mol. The molecular formula is C5H10CuN6S2. The zero-order valence-electron chi connectivity index (χ0n) is 7.24. The number of nitrogens with two attached hydrogens (primary N) is 2. The summed E-state index contributed by atoms with van der Waals surface area (Å²) in [5.74, 6) is 0. The third-order valence-electron chi connectivity index (χ3n) is 0.769. The number of hydrazone groups is 2. The summed E-state index contributed by atoms with van der Waals surface area (Å²) in [5.41, 5.74) is 15.6. The summed E-state index contributed by atoms with van der Waals surface area (Å²) in [4.78, 5) is 0. The maximum Gasteiger partial charge on any atom is 0.184 e. The molecule has 14 heavy (non-hydrogen) atoms. The Kier molecular flexibility index (Phi) is 9.89. The molecule has 0 atom stereocenters. The summed E-state index contributed by atoms with van der Waals surface area (Å²) in [6.07, 6.45) is 1.42. The fourth-order valence-electron chi connectivity index (χ4n) is 0.361. The van der Waals surface area contributed by atoms with Gasteiger partial charge in [0, 0.05) is 17.1 Å². The molecule has 0 aliphatic carbocycles. The molecule has 1 radical (unpaired) electrons. The molecule has 0 aliphatic rings. The predicted molar refractivity (Wildman–Crippen MR) is 61.4 cm³/mol. The largest absolute Gasteiger partial charge is 0.375 e. The van der Waals surface area contributed by atoms with E-state index in [1.807, 2.05) is 0 Å². The van der Waals surface area contributed by atoms with E-state index >= 15 is 0 Å². The van der Waals surface area contributed by atoms with Gasteiger partial charge in [0.25, 0.3) is 0 Å². The first-order chi connectivity index (χ1) is 6.02. The molecule has 0 aliphatic heterocycles. The third kappa shape index (κ3) is 11.2. The van der Waals surface area contributed by atoms with E-state index in [0.717, 1.165) is 0 Å². The Bertz CT molecular complexity index is 263. The molecule has 0 aromatic heterocycles. The second-order valence-corrected chi connectivity index (χ2v) is 2.84. The fourth-order valence-corrected chi connectivity index (χ4v) is 0.460. The van der Waals surface area contributed by atoms with Crippen molar-refractivity contribution in [2.75, 3.05) is 0 Å². The van der Waals surface area contributed by atoms with Crippen LogP contribution in [0.3, 0.4) is 0 Å². The summed E-state index contributed by atoms with van der Waals surface area (Å²) in [6, 6.07) is 0. The van der Waals surface area contributed by atoms with Crippen molar-refractivity contribution < 1.29 is 17.1 Å². The van der Waals surface area contributed by atoms with Crippen molar-refractivity contribution in [2.24, 2.45) is 21.7 Å². The van der Waals surface area contributed by atoms with Crippen molar-refractivity contribution in [2.45, 2.75) is 6.92 Å². The molecule has 0 aromatic carbocycles. The summed E-state index contributed by atoms with van der Waals surface area (Å²) in [7, 11) is 0. The van der Waals surface area contributed by atoms with E-state index in [1.165, 1.54) is 6.21 Å². The molecule has 6 nitrogen and oxygen atoms in total. The van der Waals surface area contributed by atoms with E-state index < -0.39 is 0 Å². The van der Waals surface area contributed by atoms with Gasteiger partial charge in [0.15, 0.2) is 10.2 Å². The Morgan fingerprint density at radius 1 is 1.21 bits per heavy atom. The van der Waals surface area contributed by atoms with Crippen LogP contribution in [-0.2, 0) is 17.1 Å². The van der Waals surface area contributed by atoms with Gasteiger partial charge in [-0.25, -0.2) is 0 Å². The first-order valence-corrected chi connectivity index (χ1v) is 4.02. The van der Waals surface area contributed by atoms with Gasteiger partial charge in [0.05, 0.1) is 11.9 Å². The van der Waals surface area contributed by atoms with Crippen LogP contribution in [-0.4, -0.2) is 22.2 Å². The van der Waals surface area contributed by atoms with Crippen LogP contribution < -0.4 is 22.3 Å². The molecule has 0 rings (SSSR count). The van der Waals surface area contributed by atoms with Crippen molar-refractivity contribution in [3.05, 3.63) is 0 Å². The first kappa shape index (κ1) is 15.7. The normalized spacial score (nSPS) is 10.5. The SMILES string of the molecule is CC(C=NNC(N)=S)=NNC(N)=S.[Cu]. The number of nitrogens with zero attached hydrogens (tertiary/aromatic N) is 2. The van der Waals surface area contributed by atoms with Crippen LogP contribution in [0.1, 0.15) is 6.92 Å². The van der Waals surface area contributed by atoms with Gasteiger partial charge in [-0.3, -0.25) is 10.9 Å². The molecule has 0 bridgehead atoms. The van der Waals surface area contributed by atoms with Gasteiger partial charge < -0.3 is 11.5 Å². The Balaban J connectivity index is 0. The van der Waals surface area contributed by atoms with Crippen LogP contribution in [0.2, 0.25) is 0 Å². The number of hydrogen-bond donors (Lipinski definition) is 4. The van der Waals surface area contributed by atoms with Crippen molar-refractivity contribution >= 4 is 46.6 Å². The minimum Gasteiger partial charge on any atom is -0.375 e. The topological polar surface area (TPSA) is 101 Å². The van der Waals surface area contributed by atoms with Crippen molar-refractivity contribution in [3.63, 3.8) is 0 Å². The maximum atomic E-state index is 5.13. The zero-order valence-corrected chi connectivity index (χ0v) is 9.82. The van der Waals surface area contributed by atoms with E-state index in [1.54, 1.807) is 6.92 Å². The molecule has 83 valence electrons. The van der Waals surface area contributed by atoms with E-state index in [4.69, 9.17) is 11.5 Å². The van der Waals surface area contributed by atoms with Crippen LogP contribution in [0.25, 0.3) is 0 Å². The minimum atomic E-state index is 0. The van der Waals surface area contributed by atoms with E-state index in [2.05, 4.69) is 45.5 Å². The van der Waals surface area contributed by atoms with Crippen molar-refractivity contribution in [1.29, 1.82) is 0 Å². The van der Waals surface area contributed by atoms with Crippen LogP contribution in [0.15, 0.2) is 10.2 Å². The molecule has 0 fully saturated rings. The third-order valence-corrected chi connectivity index (χ3v) is 0.951. The van der Waals surface area contributed by atoms with E-state index in [9.17, 15) is 0 Å². The van der Waals surface area contributed by atoms with E-state index in [0.29, 0.717) is 5.71 Å². The number of nitrogens with one attached hydrogen (secondary N) is 2. The number of hydrogen-bond acceptors (Lipinski definition) is 4. The molecule has 0 unspecified atom stereocenters. The summed E-state index contributed by atoms with van der Waals surface area (Å²) < 4.78 is 0. The van der Waals surface area contributed by atoms with Crippen molar-refractivity contribution in [1.82, 2.24) is 10.9 Å². The second kappa shape index (κ2) is 8.82. The molecule has 0 amide bonds. The van der Waals surface area contributed by atoms with Crippen LogP contribution in [0.5, 0.6) is 0 Å². The number of thiocarbonyl (C=S) groups is 2. The van der Waals surface area contributed by atoms with Crippen LogP contribution >= 0.6 is 24.4 Å². The minimum absolute atomic E-state index is 0.